The standard InChI is InChI=1S/C22H22O6/c1-22(2,3)21(24)27-15-8-9-16-18(12-15)28-19(20(16)23)10-13-6-7-14(25-4)11-17(13)26-5/h6-12H,1-5H3/b19-10-. The van der Waals surface area contributed by atoms with Crippen LogP contribution in [-0.4, -0.2) is 26.0 Å². The van der Waals surface area contributed by atoms with E-state index in [0.29, 0.717) is 34.1 Å². The normalized spacial score (nSPS) is 14.5. The van der Waals surface area contributed by atoms with Crippen molar-refractivity contribution in [3.63, 3.8) is 0 Å². The fourth-order valence-electron chi connectivity index (χ4n) is 2.57. The number of ketones is 1. The molecule has 0 unspecified atom stereocenters. The number of allylic oxidation sites excluding steroid dienone is 1. The highest BCUT2D eigenvalue weighted by Gasteiger charge is 2.29. The van der Waals surface area contributed by atoms with Crippen molar-refractivity contribution in [3.8, 4) is 23.0 Å². The minimum absolute atomic E-state index is 0.165. The molecule has 0 radical (unpaired) electrons. The van der Waals surface area contributed by atoms with E-state index in [4.69, 9.17) is 18.9 Å². The molecule has 6 nitrogen and oxygen atoms in total. The third-order valence-electron chi connectivity index (χ3n) is 4.19. The molecule has 6 heteroatoms. The van der Waals surface area contributed by atoms with E-state index in [2.05, 4.69) is 0 Å². The van der Waals surface area contributed by atoms with Crippen LogP contribution >= 0.6 is 0 Å². The van der Waals surface area contributed by atoms with Crippen molar-refractivity contribution in [3.05, 3.63) is 53.3 Å². The molecule has 0 fully saturated rings. The molecular formula is C22H22O6. The summed E-state index contributed by atoms with van der Waals surface area (Å²) >= 11 is 0. The van der Waals surface area contributed by atoms with Gasteiger partial charge < -0.3 is 18.9 Å². The van der Waals surface area contributed by atoms with Crippen molar-refractivity contribution < 1.29 is 28.5 Å². The Kier molecular flexibility index (Phi) is 5.14. The molecule has 3 rings (SSSR count). The predicted molar refractivity (Wildman–Crippen MR) is 104 cm³/mol. The van der Waals surface area contributed by atoms with E-state index >= 15 is 0 Å². The Balaban J connectivity index is 1.88. The van der Waals surface area contributed by atoms with Gasteiger partial charge in [0.25, 0.3) is 0 Å². The molecule has 0 aliphatic carbocycles. The quantitative estimate of drug-likeness (QED) is 0.447. The highest BCUT2D eigenvalue weighted by molar-refractivity contribution is 6.14. The molecule has 0 N–H and O–H groups in total. The lowest BCUT2D eigenvalue weighted by atomic mass is 9.97. The Morgan fingerprint density at radius 3 is 2.36 bits per heavy atom. The number of hydrogen-bond donors (Lipinski definition) is 0. The highest BCUT2D eigenvalue weighted by Crippen LogP contribution is 2.36. The van der Waals surface area contributed by atoms with Crippen molar-refractivity contribution in [1.82, 2.24) is 0 Å². The van der Waals surface area contributed by atoms with Crippen LogP contribution in [0.25, 0.3) is 6.08 Å². The van der Waals surface area contributed by atoms with Gasteiger partial charge in [0, 0.05) is 17.7 Å². The number of fused-ring (bicyclic) bond motifs is 1. The first-order chi connectivity index (χ1) is 13.2. The number of methoxy groups -OCH3 is 2. The van der Waals surface area contributed by atoms with E-state index in [9.17, 15) is 9.59 Å². The summed E-state index contributed by atoms with van der Waals surface area (Å²) in [6.07, 6.45) is 1.61. The molecule has 2 aromatic rings. The molecule has 28 heavy (non-hydrogen) atoms. The van der Waals surface area contributed by atoms with E-state index in [1.807, 2.05) is 0 Å². The fourth-order valence-corrected chi connectivity index (χ4v) is 2.57. The van der Waals surface area contributed by atoms with Gasteiger partial charge in [-0.1, -0.05) is 0 Å². The lowest BCUT2D eigenvalue weighted by Gasteiger charge is -2.16. The summed E-state index contributed by atoms with van der Waals surface area (Å²) in [5.74, 6) is 1.43. The second kappa shape index (κ2) is 7.38. The zero-order valence-electron chi connectivity index (χ0n) is 16.5. The molecule has 1 aliphatic rings. The molecule has 0 bridgehead atoms. The minimum Gasteiger partial charge on any atom is -0.497 e. The van der Waals surface area contributed by atoms with Gasteiger partial charge in [0.1, 0.15) is 23.0 Å². The maximum absolute atomic E-state index is 12.7. The van der Waals surface area contributed by atoms with Crippen LogP contribution in [0.3, 0.4) is 0 Å². The molecule has 0 amide bonds. The molecule has 0 atom stereocenters. The van der Waals surface area contributed by atoms with E-state index < -0.39 is 5.41 Å². The third kappa shape index (κ3) is 3.86. The van der Waals surface area contributed by atoms with E-state index in [-0.39, 0.29) is 17.5 Å². The van der Waals surface area contributed by atoms with Gasteiger partial charge in [-0.3, -0.25) is 9.59 Å². The van der Waals surface area contributed by atoms with E-state index in [1.165, 1.54) is 0 Å². The molecule has 146 valence electrons. The summed E-state index contributed by atoms with van der Waals surface area (Å²) in [5, 5.41) is 0. The maximum atomic E-state index is 12.7. The lowest BCUT2D eigenvalue weighted by molar-refractivity contribution is -0.143. The number of hydrogen-bond acceptors (Lipinski definition) is 6. The molecule has 2 aromatic carbocycles. The third-order valence-corrected chi connectivity index (χ3v) is 4.19. The number of carbonyl (C=O) groups is 2. The molecular weight excluding hydrogens is 360 g/mol. The minimum atomic E-state index is -0.633. The summed E-state index contributed by atoms with van der Waals surface area (Å²) in [6.45, 7) is 5.31. The van der Waals surface area contributed by atoms with Crippen LogP contribution in [0.1, 0.15) is 36.7 Å². The molecule has 0 aromatic heterocycles. The SMILES string of the molecule is COc1ccc(/C=C2\Oc3cc(OC(=O)C(C)(C)C)ccc3C2=O)c(OC)c1. The van der Waals surface area contributed by atoms with Gasteiger partial charge in [-0.05, 0) is 51.1 Å². The van der Waals surface area contributed by atoms with Gasteiger partial charge in [0.05, 0.1) is 25.2 Å². The van der Waals surface area contributed by atoms with Gasteiger partial charge in [-0.2, -0.15) is 0 Å². The molecule has 1 heterocycles. The average molecular weight is 382 g/mol. The van der Waals surface area contributed by atoms with Gasteiger partial charge in [0.2, 0.25) is 5.78 Å². The Hall–Kier alpha value is -3.28. The zero-order chi connectivity index (χ0) is 20.5. The zero-order valence-corrected chi connectivity index (χ0v) is 16.5. The first-order valence-corrected chi connectivity index (χ1v) is 8.75. The number of esters is 1. The number of rotatable bonds is 4. The van der Waals surface area contributed by atoms with E-state index in [1.54, 1.807) is 77.5 Å². The largest absolute Gasteiger partial charge is 0.497 e. The van der Waals surface area contributed by atoms with Crippen molar-refractivity contribution in [2.75, 3.05) is 14.2 Å². The summed E-state index contributed by atoms with van der Waals surface area (Å²) in [4.78, 5) is 24.7. The molecule has 0 saturated carbocycles. The van der Waals surface area contributed by atoms with Gasteiger partial charge in [-0.15, -0.1) is 0 Å². The van der Waals surface area contributed by atoms with Gasteiger partial charge in [-0.25, -0.2) is 0 Å². The van der Waals surface area contributed by atoms with Crippen molar-refractivity contribution in [1.29, 1.82) is 0 Å². The first-order valence-electron chi connectivity index (χ1n) is 8.75. The number of benzene rings is 2. The van der Waals surface area contributed by atoms with Crippen LogP contribution in [0, 0.1) is 5.41 Å². The first kappa shape index (κ1) is 19.5. The van der Waals surface area contributed by atoms with Crippen LogP contribution in [0.4, 0.5) is 0 Å². The maximum Gasteiger partial charge on any atom is 0.316 e. The number of Topliss-reactive ketones (excluding diaryl/α,β-unsaturated/α-hetero) is 1. The Morgan fingerprint density at radius 1 is 1.00 bits per heavy atom. The van der Waals surface area contributed by atoms with Gasteiger partial charge >= 0.3 is 5.97 Å². The van der Waals surface area contributed by atoms with Crippen molar-refractivity contribution >= 4 is 17.8 Å². The molecule has 0 spiro atoms. The lowest BCUT2D eigenvalue weighted by Crippen LogP contribution is -2.25. The van der Waals surface area contributed by atoms with E-state index in [0.717, 1.165) is 0 Å². The number of carbonyl (C=O) groups excluding carboxylic acids is 2. The van der Waals surface area contributed by atoms with Crippen LogP contribution in [0.5, 0.6) is 23.0 Å². The van der Waals surface area contributed by atoms with Crippen LogP contribution < -0.4 is 18.9 Å². The number of ether oxygens (including phenoxy) is 4. The summed E-state index contributed by atoms with van der Waals surface area (Å²) in [7, 11) is 3.11. The van der Waals surface area contributed by atoms with Gasteiger partial charge in [0.15, 0.2) is 5.76 Å². The Labute approximate surface area is 163 Å². The highest BCUT2D eigenvalue weighted by atomic mass is 16.5. The summed E-state index contributed by atoms with van der Waals surface area (Å²) in [5.41, 5.74) is 0.458. The van der Waals surface area contributed by atoms with Crippen molar-refractivity contribution in [2.45, 2.75) is 20.8 Å². The second-order valence-electron chi connectivity index (χ2n) is 7.35. The van der Waals surface area contributed by atoms with Crippen LogP contribution in [0.15, 0.2) is 42.2 Å². The second-order valence-corrected chi connectivity index (χ2v) is 7.35. The van der Waals surface area contributed by atoms with Crippen LogP contribution in [-0.2, 0) is 4.79 Å². The molecule has 0 saturated heterocycles. The molecule has 1 aliphatic heterocycles. The topological polar surface area (TPSA) is 71.1 Å². The summed E-state index contributed by atoms with van der Waals surface area (Å²) in [6, 6.07) is 9.99. The Morgan fingerprint density at radius 2 is 1.71 bits per heavy atom. The Bertz CT molecular complexity index is 965. The smallest absolute Gasteiger partial charge is 0.316 e. The monoisotopic (exact) mass is 382 g/mol. The summed E-state index contributed by atoms with van der Waals surface area (Å²) < 4.78 is 21.6. The predicted octanol–water partition coefficient (Wildman–Crippen LogP) is 4.27. The van der Waals surface area contributed by atoms with Crippen LogP contribution in [0.2, 0.25) is 0 Å². The van der Waals surface area contributed by atoms with Crippen molar-refractivity contribution in [2.24, 2.45) is 5.41 Å². The average Bonchev–Trinajstić information content (AvgIpc) is 2.96. The fraction of sp³-hybridized carbons (Fsp3) is 0.273.